The molecule has 0 saturated heterocycles. The van der Waals surface area contributed by atoms with E-state index in [1.165, 1.54) is 0 Å². The van der Waals surface area contributed by atoms with Crippen molar-refractivity contribution < 1.29 is 14.3 Å². The van der Waals surface area contributed by atoms with Crippen LogP contribution in [0.15, 0.2) is 42.7 Å². The van der Waals surface area contributed by atoms with E-state index in [-0.39, 0.29) is 5.91 Å². The number of anilines is 1. The zero-order valence-corrected chi connectivity index (χ0v) is 13.3. The summed E-state index contributed by atoms with van der Waals surface area (Å²) in [6.45, 7) is 1.64. The molecule has 1 heterocycles. The molecule has 0 aliphatic carbocycles. The Labute approximate surface area is 135 Å². The van der Waals surface area contributed by atoms with Crippen LogP contribution >= 0.6 is 0 Å². The average Bonchev–Trinajstić information content (AvgIpc) is 2.60. The monoisotopic (exact) mass is 315 g/mol. The first-order chi connectivity index (χ1) is 11.2. The molecular weight excluding hydrogens is 294 g/mol. The largest absolute Gasteiger partial charge is 0.496 e. The van der Waals surface area contributed by atoms with Gasteiger partial charge in [0.05, 0.1) is 25.0 Å². The maximum Gasteiger partial charge on any atom is 0.253 e. The highest BCUT2D eigenvalue weighted by Crippen LogP contribution is 2.17. The summed E-state index contributed by atoms with van der Waals surface area (Å²) in [5.74, 6) is 0.569. The van der Waals surface area contributed by atoms with Crippen LogP contribution < -0.4 is 15.4 Å². The smallest absolute Gasteiger partial charge is 0.253 e. The highest BCUT2D eigenvalue weighted by Gasteiger charge is 2.08. The second-order valence-corrected chi connectivity index (χ2v) is 4.88. The number of carbonyl (C=O) groups is 1. The molecule has 2 N–H and O–H groups in total. The molecule has 1 amide bonds. The van der Waals surface area contributed by atoms with Gasteiger partial charge in [0.1, 0.15) is 5.75 Å². The summed E-state index contributed by atoms with van der Waals surface area (Å²) in [5, 5.41) is 6.02. The van der Waals surface area contributed by atoms with Crippen molar-refractivity contribution in [3.8, 4) is 5.75 Å². The third-order valence-corrected chi connectivity index (χ3v) is 3.27. The number of ether oxygens (including phenoxy) is 2. The zero-order chi connectivity index (χ0) is 16.5. The molecule has 6 heteroatoms. The number of benzene rings is 1. The summed E-state index contributed by atoms with van der Waals surface area (Å²) in [4.78, 5) is 16.3. The maximum absolute atomic E-state index is 12.3. The van der Waals surface area contributed by atoms with Gasteiger partial charge in [0, 0.05) is 38.2 Å². The fraction of sp³-hybridized carbons (Fsp3) is 0.294. The van der Waals surface area contributed by atoms with Crippen molar-refractivity contribution in [3.05, 3.63) is 53.9 Å². The van der Waals surface area contributed by atoms with Gasteiger partial charge in [0.2, 0.25) is 0 Å². The van der Waals surface area contributed by atoms with Crippen LogP contribution in [0.2, 0.25) is 0 Å². The van der Waals surface area contributed by atoms with Gasteiger partial charge in [0.15, 0.2) is 0 Å². The number of rotatable bonds is 8. The molecule has 1 aromatic carbocycles. The first-order valence-electron chi connectivity index (χ1n) is 7.32. The molecule has 0 aliphatic rings. The molecule has 0 saturated carbocycles. The van der Waals surface area contributed by atoms with Crippen LogP contribution in [0.1, 0.15) is 15.9 Å². The number of para-hydroxylation sites is 1. The van der Waals surface area contributed by atoms with Crippen LogP contribution in [0.4, 0.5) is 5.69 Å². The molecule has 0 radical (unpaired) electrons. The van der Waals surface area contributed by atoms with Crippen molar-refractivity contribution in [2.45, 2.75) is 6.54 Å². The van der Waals surface area contributed by atoms with Gasteiger partial charge in [-0.2, -0.15) is 0 Å². The number of hydrogen-bond donors (Lipinski definition) is 2. The number of nitrogens with one attached hydrogen (secondary N) is 2. The molecule has 2 rings (SSSR count). The lowest BCUT2D eigenvalue weighted by Gasteiger charge is -2.10. The minimum Gasteiger partial charge on any atom is -0.496 e. The van der Waals surface area contributed by atoms with Crippen LogP contribution in [-0.4, -0.2) is 38.3 Å². The minimum absolute atomic E-state index is 0.182. The van der Waals surface area contributed by atoms with Crippen molar-refractivity contribution in [2.24, 2.45) is 0 Å². The van der Waals surface area contributed by atoms with E-state index in [0.29, 0.717) is 25.3 Å². The summed E-state index contributed by atoms with van der Waals surface area (Å²) >= 11 is 0. The van der Waals surface area contributed by atoms with E-state index >= 15 is 0 Å². The van der Waals surface area contributed by atoms with E-state index in [9.17, 15) is 4.79 Å². The second-order valence-electron chi connectivity index (χ2n) is 4.88. The van der Waals surface area contributed by atoms with Crippen LogP contribution in [0.5, 0.6) is 5.75 Å². The van der Waals surface area contributed by atoms with E-state index in [0.717, 1.165) is 17.0 Å². The summed E-state index contributed by atoms with van der Waals surface area (Å²) < 4.78 is 10.2. The van der Waals surface area contributed by atoms with Crippen molar-refractivity contribution in [1.29, 1.82) is 0 Å². The third-order valence-electron chi connectivity index (χ3n) is 3.27. The fourth-order valence-electron chi connectivity index (χ4n) is 2.08. The number of pyridine rings is 1. The Morgan fingerprint density at radius 1 is 1.22 bits per heavy atom. The summed E-state index contributed by atoms with van der Waals surface area (Å²) in [7, 11) is 3.25. The molecule has 6 nitrogen and oxygen atoms in total. The normalized spacial score (nSPS) is 10.2. The lowest BCUT2D eigenvalue weighted by atomic mass is 10.2. The van der Waals surface area contributed by atoms with Gasteiger partial charge in [-0.25, -0.2) is 0 Å². The van der Waals surface area contributed by atoms with Crippen molar-refractivity contribution >= 4 is 11.6 Å². The van der Waals surface area contributed by atoms with Gasteiger partial charge in [-0.15, -0.1) is 0 Å². The summed E-state index contributed by atoms with van der Waals surface area (Å²) in [6, 6.07) is 9.35. The number of aromatic nitrogens is 1. The van der Waals surface area contributed by atoms with E-state index in [4.69, 9.17) is 9.47 Å². The molecule has 0 spiro atoms. The molecule has 1 aromatic heterocycles. The van der Waals surface area contributed by atoms with E-state index in [2.05, 4.69) is 15.6 Å². The fourth-order valence-corrected chi connectivity index (χ4v) is 2.08. The molecular formula is C17H21N3O3. The molecule has 0 aliphatic heterocycles. The number of hydrogen-bond acceptors (Lipinski definition) is 5. The third kappa shape index (κ3) is 4.96. The van der Waals surface area contributed by atoms with Crippen molar-refractivity contribution in [3.63, 3.8) is 0 Å². The maximum atomic E-state index is 12.3. The molecule has 0 unspecified atom stereocenters. The molecule has 23 heavy (non-hydrogen) atoms. The van der Waals surface area contributed by atoms with E-state index in [1.807, 2.05) is 24.3 Å². The Balaban J connectivity index is 1.96. The van der Waals surface area contributed by atoms with E-state index < -0.39 is 0 Å². The Hall–Kier alpha value is -2.60. The number of nitrogens with zero attached hydrogens (tertiary/aromatic N) is 1. The molecule has 0 fully saturated rings. The van der Waals surface area contributed by atoms with E-state index in [1.54, 1.807) is 32.7 Å². The second kappa shape index (κ2) is 8.75. The first-order valence-corrected chi connectivity index (χ1v) is 7.32. The van der Waals surface area contributed by atoms with Gasteiger partial charge >= 0.3 is 0 Å². The quantitative estimate of drug-likeness (QED) is 0.730. The molecule has 2 aromatic rings. The molecule has 122 valence electrons. The Bertz CT molecular complexity index is 646. The SMILES string of the molecule is COCCNc1cncc(C(=O)NCc2ccccc2OC)c1. The molecule has 0 atom stereocenters. The Morgan fingerprint density at radius 3 is 2.83 bits per heavy atom. The topological polar surface area (TPSA) is 72.5 Å². The minimum atomic E-state index is -0.182. The van der Waals surface area contributed by atoms with Gasteiger partial charge < -0.3 is 20.1 Å². The Kier molecular flexibility index (Phi) is 6.38. The van der Waals surface area contributed by atoms with Crippen LogP contribution in [-0.2, 0) is 11.3 Å². The van der Waals surface area contributed by atoms with Crippen molar-refractivity contribution in [2.75, 3.05) is 32.7 Å². The van der Waals surface area contributed by atoms with Gasteiger partial charge in [-0.1, -0.05) is 18.2 Å². The van der Waals surface area contributed by atoms with Gasteiger partial charge in [0.25, 0.3) is 5.91 Å². The van der Waals surface area contributed by atoms with Gasteiger partial charge in [-0.3, -0.25) is 9.78 Å². The summed E-state index contributed by atoms with van der Waals surface area (Å²) in [5.41, 5.74) is 2.21. The summed E-state index contributed by atoms with van der Waals surface area (Å²) in [6.07, 6.45) is 3.21. The van der Waals surface area contributed by atoms with Crippen LogP contribution in [0.25, 0.3) is 0 Å². The van der Waals surface area contributed by atoms with Gasteiger partial charge in [-0.05, 0) is 12.1 Å². The number of carbonyl (C=O) groups excluding carboxylic acids is 1. The Morgan fingerprint density at radius 2 is 2.04 bits per heavy atom. The van der Waals surface area contributed by atoms with Crippen LogP contribution in [0.3, 0.4) is 0 Å². The first kappa shape index (κ1) is 16.8. The highest BCUT2D eigenvalue weighted by molar-refractivity contribution is 5.94. The molecule has 0 bridgehead atoms. The number of methoxy groups -OCH3 is 2. The predicted molar refractivity (Wildman–Crippen MR) is 88.8 cm³/mol. The number of amides is 1. The average molecular weight is 315 g/mol. The van der Waals surface area contributed by atoms with Crippen LogP contribution in [0, 0.1) is 0 Å². The standard InChI is InChI=1S/C17H21N3O3/c1-22-8-7-19-15-9-14(10-18-12-15)17(21)20-11-13-5-3-4-6-16(13)23-2/h3-6,9-10,12,19H,7-8,11H2,1-2H3,(H,20,21). The lowest BCUT2D eigenvalue weighted by Crippen LogP contribution is -2.23. The lowest BCUT2D eigenvalue weighted by molar-refractivity contribution is 0.0950. The zero-order valence-electron chi connectivity index (χ0n) is 13.3. The predicted octanol–water partition coefficient (Wildman–Crippen LogP) is 2.08. The van der Waals surface area contributed by atoms with Crippen molar-refractivity contribution in [1.82, 2.24) is 10.3 Å². The highest BCUT2D eigenvalue weighted by atomic mass is 16.5.